The van der Waals surface area contributed by atoms with Gasteiger partial charge >= 0.3 is 0 Å². The van der Waals surface area contributed by atoms with Crippen molar-refractivity contribution >= 4 is 11.8 Å². The van der Waals surface area contributed by atoms with Gasteiger partial charge in [0, 0.05) is 12.2 Å². The van der Waals surface area contributed by atoms with Crippen molar-refractivity contribution in [1.82, 2.24) is 9.55 Å². The van der Waals surface area contributed by atoms with Crippen molar-refractivity contribution in [2.45, 2.75) is 45.7 Å². The molecule has 1 N–H and O–H groups in total. The summed E-state index contributed by atoms with van der Waals surface area (Å²) in [6.45, 7) is 10.1. The molecule has 0 radical (unpaired) electrons. The second-order valence-electron chi connectivity index (χ2n) is 3.24. The summed E-state index contributed by atoms with van der Waals surface area (Å²) >= 11 is 1.52. The molecule has 1 aromatic heterocycles. The van der Waals surface area contributed by atoms with Crippen molar-refractivity contribution < 1.29 is 0 Å². The molecular weight excluding hydrogens is 206 g/mol. The van der Waals surface area contributed by atoms with Gasteiger partial charge in [-0.15, -0.1) is 11.8 Å². The van der Waals surface area contributed by atoms with Gasteiger partial charge in [0.05, 0.1) is 5.69 Å². The summed E-state index contributed by atoms with van der Waals surface area (Å²) in [5.41, 5.74) is 1.47. The quantitative estimate of drug-likeness (QED) is 0.789. The highest BCUT2D eigenvalue weighted by Gasteiger charge is 2.04. The topological polar surface area (TPSA) is 41.7 Å². The van der Waals surface area contributed by atoms with Crippen LogP contribution in [0, 0.1) is 12.3 Å². The number of aromatic nitrogens is 2. The van der Waals surface area contributed by atoms with E-state index in [1.165, 1.54) is 11.8 Å². The van der Waals surface area contributed by atoms with Crippen LogP contribution in [0.25, 0.3) is 0 Å². The lowest BCUT2D eigenvalue weighted by Crippen LogP contribution is -2.24. The predicted molar refractivity (Wildman–Crippen MR) is 66.3 cm³/mol. The molecule has 86 valence electrons. The molecule has 0 saturated carbocycles. The van der Waals surface area contributed by atoms with E-state index in [1.807, 2.05) is 37.8 Å². The van der Waals surface area contributed by atoms with Gasteiger partial charge in [-0.25, -0.2) is 4.98 Å². The molecule has 0 aliphatic heterocycles. The summed E-state index contributed by atoms with van der Waals surface area (Å²) in [4.78, 5) is 4.29. The van der Waals surface area contributed by atoms with Crippen molar-refractivity contribution in [3.63, 3.8) is 0 Å². The summed E-state index contributed by atoms with van der Waals surface area (Å²) in [7, 11) is 0. The second kappa shape index (κ2) is 6.67. The van der Waals surface area contributed by atoms with E-state index in [0.717, 1.165) is 10.7 Å². The van der Waals surface area contributed by atoms with Gasteiger partial charge in [-0.1, -0.05) is 13.8 Å². The van der Waals surface area contributed by atoms with E-state index < -0.39 is 0 Å². The maximum atomic E-state index is 7.85. The first-order valence-electron chi connectivity index (χ1n) is 5.24. The molecule has 1 heterocycles. The Morgan fingerprint density at radius 3 is 2.33 bits per heavy atom. The van der Waals surface area contributed by atoms with Gasteiger partial charge in [-0.2, -0.15) is 0 Å². The average molecular weight is 227 g/mol. The van der Waals surface area contributed by atoms with E-state index in [-0.39, 0.29) is 0 Å². The van der Waals surface area contributed by atoms with Crippen molar-refractivity contribution in [2.75, 3.05) is 6.26 Å². The fourth-order valence-electron chi connectivity index (χ4n) is 1.17. The largest absolute Gasteiger partial charge is 0.327 e. The van der Waals surface area contributed by atoms with E-state index in [1.54, 1.807) is 0 Å². The van der Waals surface area contributed by atoms with E-state index in [4.69, 9.17) is 5.41 Å². The SMILES string of the molecule is CC.CSc1nc(C)cn(C(C)C)c1=N. The molecule has 3 nitrogen and oxygen atoms in total. The molecule has 0 aliphatic rings. The number of thioether (sulfide) groups is 1. The number of aryl methyl sites for hydroxylation is 1. The molecule has 0 aliphatic carbocycles. The van der Waals surface area contributed by atoms with Crippen LogP contribution < -0.4 is 5.49 Å². The van der Waals surface area contributed by atoms with Gasteiger partial charge in [0.1, 0.15) is 5.03 Å². The minimum atomic E-state index is 0.320. The molecule has 0 amide bonds. The van der Waals surface area contributed by atoms with Crippen LogP contribution in [-0.4, -0.2) is 15.8 Å². The third-order valence-corrected chi connectivity index (χ3v) is 2.49. The Labute approximate surface area is 96.4 Å². The first-order chi connectivity index (χ1) is 7.06. The zero-order chi connectivity index (χ0) is 12.0. The molecule has 0 bridgehead atoms. The molecule has 0 aromatic carbocycles. The normalized spacial score (nSPS) is 9.80. The van der Waals surface area contributed by atoms with Gasteiger partial charge in [0.2, 0.25) is 0 Å². The number of hydrogen-bond donors (Lipinski definition) is 1. The van der Waals surface area contributed by atoms with Gasteiger partial charge in [0.25, 0.3) is 0 Å². The highest BCUT2D eigenvalue weighted by molar-refractivity contribution is 7.98. The van der Waals surface area contributed by atoms with Crippen LogP contribution in [0.2, 0.25) is 0 Å². The first kappa shape index (κ1) is 14.2. The molecule has 0 spiro atoms. The minimum Gasteiger partial charge on any atom is -0.327 e. The fourth-order valence-corrected chi connectivity index (χ4v) is 1.70. The monoisotopic (exact) mass is 227 g/mol. The lowest BCUT2D eigenvalue weighted by Gasteiger charge is -2.13. The Morgan fingerprint density at radius 1 is 1.40 bits per heavy atom. The number of nitrogens with one attached hydrogen (secondary N) is 1. The third-order valence-electron chi connectivity index (χ3n) is 1.81. The highest BCUT2D eigenvalue weighted by Crippen LogP contribution is 2.08. The standard InChI is InChI=1S/C9H15N3S.C2H6/c1-6(2)12-5-7(3)11-9(13-4)8(12)10;1-2/h5-6,10H,1-4H3;1-2H3. The number of hydrogen-bond acceptors (Lipinski definition) is 3. The number of nitrogens with zero attached hydrogens (tertiary/aromatic N) is 2. The molecule has 1 aromatic rings. The first-order valence-corrected chi connectivity index (χ1v) is 6.47. The maximum Gasteiger partial charge on any atom is 0.158 e. The zero-order valence-corrected chi connectivity index (χ0v) is 11.3. The minimum absolute atomic E-state index is 0.320. The predicted octanol–water partition coefficient (Wildman–Crippen LogP) is 3.00. The van der Waals surface area contributed by atoms with Crippen molar-refractivity contribution in [3.8, 4) is 0 Å². The second-order valence-corrected chi connectivity index (χ2v) is 4.04. The van der Waals surface area contributed by atoms with Crippen LogP contribution >= 0.6 is 11.8 Å². The zero-order valence-electron chi connectivity index (χ0n) is 10.5. The van der Waals surface area contributed by atoms with Gasteiger partial charge in [-0.3, -0.25) is 5.41 Å². The Bertz CT molecular complexity index is 355. The lowest BCUT2D eigenvalue weighted by molar-refractivity contribution is 0.542. The van der Waals surface area contributed by atoms with Crippen LogP contribution in [0.5, 0.6) is 0 Å². The smallest absolute Gasteiger partial charge is 0.158 e. The van der Waals surface area contributed by atoms with Crippen molar-refractivity contribution in [3.05, 3.63) is 17.4 Å². The van der Waals surface area contributed by atoms with Crippen LogP contribution in [0.3, 0.4) is 0 Å². The van der Waals surface area contributed by atoms with Gasteiger partial charge in [0.15, 0.2) is 5.49 Å². The molecule has 0 saturated heterocycles. The van der Waals surface area contributed by atoms with Crippen molar-refractivity contribution in [1.29, 1.82) is 5.41 Å². The fraction of sp³-hybridized carbons (Fsp3) is 0.636. The molecule has 0 unspecified atom stereocenters. The molecule has 1 rings (SSSR count). The third kappa shape index (κ3) is 3.70. The average Bonchev–Trinajstić information content (AvgIpc) is 2.23. The summed E-state index contributed by atoms with van der Waals surface area (Å²) in [5, 5.41) is 8.65. The van der Waals surface area contributed by atoms with Gasteiger partial charge in [-0.05, 0) is 27.0 Å². The summed E-state index contributed by atoms with van der Waals surface area (Å²) in [5.74, 6) is 0. The van der Waals surface area contributed by atoms with Gasteiger partial charge < -0.3 is 4.57 Å². The molecule has 4 heteroatoms. The Kier molecular flexibility index (Phi) is 6.32. The Morgan fingerprint density at radius 2 is 1.93 bits per heavy atom. The molecule has 15 heavy (non-hydrogen) atoms. The number of rotatable bonds is 2. The van der Waals surface area contributed by atoms with Crippen molar-refractivity contribution in [2.24, 2.45) is 0 Å². The van der Waals surface area contributed by atoms with E-state index in [2.05, 4.69) is 18.8 Å². The van der Waals surface area contributed by atoms with Crippen LogP contribution in [-0.2, 0) is 0 Å². The summed E-state index contributed by atoms with van der Waals surface area (Å²) in [6.07, 6.45) is 3.87. The molecular formula is C11H21N3S. The summed E-state index contributed by atoms with van der Waals surface area (Å²) < 4.78 is 1.94. The maximum absolute atomic E-state index is 7.85. The summed E-state index contributed by atoms with van der Waals surface area (Å²) in [6, 6.07) is 0.320. The Balaban J connectivity index is 0.000000921. The van der Waals surface area contributed by atoms with Crippen LogP contribution in [0.4, 0.5) is 0 Å². The highest BCUT2D eigenvalue weighted by atomic mass is 32.2. The molecule has 0 atom stereocenters. The lowest BCUT2D eigenvalue weighted by atomic mass is 10.3. The van der Waals surface area contributed by atoms with E-state index in [0.29, 0.717) is 11.5 Å². The van der Waals surface area contributed by atoms with Crippen LogP contribution in [0.15, 0.2) is 11.2 Å². The van der Waals surface area contributed by atoms with E-state index >= 15 is 0 Å². The van der Waals surface area contributed by atoms with E-state index in [9.17, 15) is 0 Å². The molecule has 0 fully saturated rings. The Hall–Kier alpha value is -0.770. The van der Waals surface area contributed by atoms with Crippen LogP contribution in [0.1, 0.15) is 39.4 Å².